The molecule has 0 saturated carbocycles. The molecule has 2 nitrogen and oxygen atoms in total. The molecule has 2 aliphatic rings. The van der Waals surface area contributed by atoms with E-state index in [0.717, 1.165) is 6.42 Å². The molecular weight excluding hydrogens is 160 g/mol. The normalized spacial score (nSPS) is 22.3. The van der Waals surface area contributed by atoms with Gasteiger partial charge in [-0.05, 0) is 18.1 Å². The largest absolute Gasteiger partial charge is 0.196 e. The van der Waals surface area contributed by atoms with Gasteiger partial charge in [-0.3, -0.25) is 0 Å². The van der Waals surface area contributed by atoms with Crippen molar-refractivity contribution in [2.75, 3.05) is 0 Å². The Morgan fingerprint density at radius 3 is 2.69 bits per heavy atom. The minimum absolute atomic E-state index is 0.568. The predicted molar refractivity (Wildman–Crippen MR) is 48.2 cm³/mol. The molecule has 0 heterocycles. The second-order valence-electron chi connectivity index (χ2n) is 3.37. The summed E-state index contributed by atoms with van der Waals surface area (Å²) in [5.74, 6) is 0. The fourth-order valence-corrected chi connectivity index (χ4v) is 1.72. The third-order valence-corrected chi connectivity index (χ3v) is 2.51. The SMILES string of the molecule is N#CC1(C#N)C=CC2=C(CC=C2)C1. The average Bonchev–Trinajstić information content (AvgIpc) is 2.64. The third kappa shape index (κ3) is 1.08. The van der Waals surface area contributed by atoms with Crippen molar-refractivity contribution in [3.8, 4) is 12.1 Å². The van der Waals surface area contributed by atoms with E-state index in [1.165, 1.54) is 11.1 Å². The lowest BCUT2D eigenvalue weighted by atomic mass is 9.79. The van der Waals surface area contributed by atoms with Crippen LogP contribution in [-0.2, 0) is 0 Å². The number of allylic oxidation sites excluding steroid dienone is 6. The molecule has 0 aromatic carbocycles. The van der Waals surface area contributed by atoms with Crippen molar-refractivity contribution in [1.82, 2.24) is 0 Å². The Balaban J connectivity index is 2.36. The molecule has 0 saturated heterocycles. The van der Waals surface area contributed by atoms with Crippen LogP contribution in [0.3, 0.4) is 0 Å². The van der Waals surface area contributed by atoms with Crippen LogP contribution in [0.15, 0.2) is 35.5 Å². The number of hydrogen-bond donors (Lipinski definition) is 0. The van der Waals surface area contributed by atoms with Crippen molar-refractivity contribution in [2.24, 2.45) is 5.41 Å². The Labute approximate surface area is 77.1 Å². The van der Waals surface area contributed by atoms with Gasteiger partial charge in [0, 0.05) is 6.42 Å². The van der Waals surface area contributed by atoms with E-state index < -0.39 is 5.41 Å². The highest BCUT2D eigenvalue weighted by Gasteiger charge is 2.32. The quantitative estimate of drug-likeness (QED) is 0.556. The van der Waals surface area contributed by atoms with Gasteiger partial charge in [0.2, 0.25) is 0 Å². The zero-order chi connectivity index (χ0) is 9.31. The monoisotopic (exact) mass is 168 g/mol. The molecule has 0 aromatic heterocycles. The molecule has 62 valence electrons. The summed E-state index contributed by atoms with van der Waals surface area (Å²) in [6.45, 7) is 0. The number of nitriles is 2. The first-order valence-corrected chi connectivity index (χ1v) is 4.20. The third-order valence-electron chi connectivity index (χ3n) is 2.51. The molecule has 0 bridgehead atoms. The summed E-state index contributed by atoms with van der Waals surface area (Å²) in [7, 11) is 0. The Hall–Kier alpha value is -1.80. The van der Waals surface area contributed by atoms with Crippen molar-refractivity contribution in [3.63, 3.8) is 0 Å². The molecule has 0 unspecified atom stereocenters. The maximum absolute atomic E-state index is 8.89. The van der Waals surface area contributed by atoms with E-state index >= 15 is 0 Å². The van der Waals surface area contributed by atoms with Gasteiger partial charge in [-0.2, -0.15) is 10.5 Å². The van der Waals surface area contributed by atoms with Crippen LogP contribution in [0.4, 0.5) is 0 Å². The maximum Gasteiger partial charge on any atom is 0.165 e. The Kier molecular flexibility index (Phi) is 1.57. The highest BCUT2D eigenvalue weighted by molar-refractivity contribution is 5.49. The predicted octanol–water partition coefficient (Wildman–Crippen LogP) is 2.24. The number of hydrogen-bond acceptors (Lipinski definition) is 2. The number of nitrogens with zero attached hydrogens (tertiary/aromatic N) is 2. The molecule has 0 aromatic rings. The van der Waals surface area contributed by atoms with E-state index in [4.69, 9.17) is 10.5 Å². The molecule has 0 amide bonds. The standard InChI is InChI=1S/C11H8N2/c12-7-11(8-13)5-4-9-2-1-3-10(9)6-11/h1-2,4-5H,3,6H2. The van der Waals surface area contributed by atoms with E-state index in [0.29, 0.717) is 6.42 Å². The average molecular weight is 168 g/mol. The molecule has 0 fully saturated rings. The van der Waals surface area contributed by atoms with E-state index in [-0.39, 0.29) is 0 Å². The Bertz CT molecular complexity index is 396. The van der Waals surface area contributed by atoms with Crippen LogP contribution in [-0.4, -0.2) is 0 Å². The lowest BCUT2D eigenvalue weighted by molar-refractivity contribution is 0.635. The topological polar surface area (TPSA) is 47.6 Å². The molecule has 0 aliphatic heterocycles. The van der Waals surface area contributed by atoms with Crippen molar-refractivity contribution in [3.05, 3.63) is 35.5 Å². The first kappa shape index (κ1) is 7.83. The van der Waals surface area contributed by atoms with Gasteiger partial charge in [0.25, 0.3) is 0 Å². The molecule has 2 heteroatoms. The summed E-state index contributed by atoms with van der Waals surface area (Å²) < 4.78 is 0. The van der Waals surface area contributed by atoms with Crippen molar-refractivity contribution in [2.45, 2.75) is 12.8 Å². The summed E-state index contributed by atoms with van der Waals surface area (Å²) in [5.41, 5.74) is 1.48. The lowest BCUT2D eigenvalue weighted by Gasteiger charge is -2.19. The highest BCUT2D eigenvalue weighted by atomic mass is 14.4. The van der Waals surface area contributed by atoms with Gasteiger partial charge in [0.05, 0.1) is 12.1 Å². The van der Waals surface area contributed by atoms with Gasteiger partial charge < -0.3 is 0 Å². The van der Waals surface area contributed by atoms with Crippen LogP contribution >= 0.6 is 0 Å². The van der Waals surface area contributed by atoms with E-state index in [9.17, 15) is 0 Å². The van der Waals surface area contributed by atoms with E-state index in [1.807, 2.05) is 12.2 Å². The first-order chi connectivity index (χ1) is 6.29. The zero-order valence-electron chi connectivity index (χ0n) is 7.12. The summed E-state index contributed by atoms with van der Waals surface area (Å²) in [5, 5.41) is 17.8. The highest BCUT2D eigenvalue weighted by Crippen LogP contribution is 2.37. The van der Waals surface area contributed by atoms with Crippen LogP contribution in [0.2, 0.25) is 0 Å². The Morgan fingerprint density at radius 2 is 2.00 bits per heavy atom. The molecule has 0 N–H and O–H groups in total. The molecular formula is C11H8N2. The van der Waals surface area contributed by atoms with Crippen LogP contribution < -0.4 is 0 Å². The van der Waals surface area contributed by atoms with Crippen molar-refractivity contribution in [1.29, 1.82) is 10.5 Å². The number of rotatable bonds is 0. The lowest BCUT2D eigenvalue weighted by Crippen LogP contribution is -2.16. The molecule has 13 heavy (non-hydrogen) atoms. The first-order valence-electron chi connectivity index (χ1n) is 4.20. The van der Waals surface area contributed by atoms with E-state index in [1.54, 1.807) is 6.08 Å². The van der Waals surface area contributed by atoms with Gasteiger partial charge in [-0.1, -0.05) is 23.8 Å². The molecule has 0 atom stereocenters. The second kappa shape index (κ2) is 2.61. The zero-order valence-corrected chi connectivity index (χ0v) is 7.12. The fourth-order valence-electron chi connectivity index (χ4n) is 1.72. The van der Waals surface area contributed by atoms with Gasteiger partial charge in [-0.15, -0.1) is 0 Å². The van der Waals surface area contributed by atoms with Gasteiger partial charge in [0.1, 0.15) is 0 Å². The van der Waals surface area contributed by atoms with E-state index in [2.05, 4.69) is 18.2 Å². The van der Waals surface area contributed by atoms with Crippen LogP contribution in [0.1, 0.15) is 12.8 Å². The van der Waals surface area contributed by atoms with Crippen LogP contribution in [0, 0.1) is 28.1 Å². The minimum atomic E-state index is -0.912. The summed E-state index contributed by atoms with van der Waals surface area (Å²) in [4.78, 5) is 0. The summed E-state index contributed by atoms with van der Waals surface area (Å²) in [6, 6.07) is 4.14. The van der Waals surface area contributed by atoms with Crippen LogP contribution in [0.25, 0.3) is 0 Å². The summed E-state index contributed by atoms with van der Waals surface area (Å²) >= 11 is 0. The fraction of sp³-hybridized carbons (Fsp3) is 0.273. The molecule has 0 radical (unpaired) electrons. The molecule has 2 rings (SSSR count). The second-order valence-corrected chi connectivity index (χ2v) is 3.37. The van der Waals surface area contributed by atoms with Gasteiger partial charge >= 0.3 is 0 Å². The maximum atomic E-state index is 8.89. The summed E-state index contributed by atoms with van der Waals surface area (Å²) in [6.07, 6.45) is 9.17. The van der Waals surface area contributed by atoms with Crippen LogP contribution in [0.5, 0.6) is 0 Å². The van der Waals surface area contributed by atoms with Crippen molar-refractivity contribution < 1.29 is 0 Å². The van der Waals surface area contributed by atoms with Gasteiger partial charge in [0.15, 0.2) is 5.41 Å². The molecule has 0 spiro atoms. The van der Waals surface area contributed by atoms with Gasteiger partial charge in [-0.25, -0.2) is 0 Å². The molecule has 2 aliphatic carbocycles. The Morgan fingerprint density at radius 1 is 1.23 bits per heavy atom. The minimum Gasteiger partial charge on any atom is -0.196 e. The van der Waals surface area contributed by atoms with Crippen molar-refractivity contribution >= 4 is 0 Å². The smallest absolute Gasteiger partial charge is 0.165 e.